The van der Waals surface area contributed by atoms with Gasteiger partial charge >= 0.3 is 0 Å². The van der Waals surface area contributed by atoms with E-state index in [4.69, 9.17) is 0 Å². The second-order valence-electron chi connectivity index (χ2n) is 5.06. The van der Waals surface area contributed by atoms with Crippen LogP contribution in [-0.2, 0) is 9.59 Å². The molecular formula is C12H16N4O2S3. The SMILES string of the molecule is CCSc1nnc(NC(=O)[C@@H]2CS[C@@]3(C)CCC(=O)N23)s1. The Morgan fingerprint density at radius 2 is 2.38 bits per heavy atom. The Hall–Kier alpha value is -0.800. The van der Waals surface area contributed by atoms with Gasteiger partial charge in [0.1, 0.15) is 6.04 Å². The molecule has 0 saturated carbocycles. The monoisotopic (exact) mass is 344 g/mol. The van der Waals surface area contributed by atoms with Gasteiger partial charge in [0.15, 0.2) is 4.34 Å². The lowest BCUT2D eigenvalue weighted by Gasteiger charge is -2.29. The molecule has 1 aromatic heterocycles. The lowest BCUT2D eigenvalue weighted by molar-refractivity contribution is -0.135. The third-order valence-corrected chi connectivity index (χ3v) is 7.01. The second-order valence-corrected chi connectivity index (χ2v) is 9.05. The molecule has 2 aliphatic rings. The van der Waals surface area contributed by atoms with Crippen LogP contribution in [0.15, 0.2) is 4.34 Å². The minimum atomic E-state index is -0.402. The molecular weight excluding hydrogens is 328 g/mol. The zero-order valence-electron chi connectivity index (χ0n) is 11.8. The smallest absolute Gasteiger partial charge is 0.249 e. The number of fused-ring (bicyclic) bond motifs is 1. The number of hydrogen-bond donors (Lipinski definition) is 1. The van der Waals surface area contributed by atoms with Gasteiger partial charge in [-0.3, -0.25) is 14.9 Å². The van der Waals surface area contributed by atoms with Gasteiger partial charge in [-0.2, -0.15) is 0 Å². The number of aromatic nitrogens is 2. The predicted molar refractivity (Wildman–Crippen MR) is 85.7 cm³/mol. The Bertz CT molecular complexity index is 579. The molecule has 2 atom stereocenters. The molecule has 0 unspecified atom stereocenters. The van der Waals surface area contributed by atoms with Crippen LogP contribution in [0.3, 0.4) is 0 Å². The molecule has 1 aromatic rings. The third-order valence-electron chi connectivity index (χ3n) is 3.65. The Morgan fingerprint density at radius 3 is 3.14 bits per heavy atom. The van der Waals surface area contributed by atoms with Gasteiger partial charge in [-0.25, -0.2) is 0 Å². The van der Waals surface area contributed by atoms with Crippen molar-refractivity contribution >= 4 is 51.8 Å². The summed E-state index contributed by atoms with van der Waals surface area (Å²) in [5.41, 5.74) is 0. The first-order valence-electron chi connectivity index (χ1n) is 6.77. The van der Waals surface area contributed by atoms with E-state index in [1.54, 1.807) is 28.4 Å². The predicted octanol–water partition coefficient (Wildman–Crippen LogP) is 2.04. The Morgan fingerprint density at radius 1 is 1.57 bits per heavy atom. The summed E-state index contributed by atoms with van der Waals surface area (Å²) in [7, 11) is 0. The van der Waals surface area contributed by atoms with Gasteiger partial charge in [-0.15, -0.1) is 22.0 Å². The van der Waals surface area contributed by atoms with Crippen molar-refractivity contribution in [1.29, 1.82) is 0 Å². The normalized spacial score (nSPS) is 28.0. The number of rotatable bonds is 4. The number of carbonyl (C=O) groups is 2. The van der Waals surface area contributed by atoms with E-state index >= 15 is 0 Å². The lowest BCUT2D eigenvalue weighted by atomic mass is 10.2. The summed E-state index contributed by atoms with van der Waals surface area (Å²) < 4.78 is 0.843. The number of nitrogens with zero attached hydrogens (tertiary/aromatic N) is 3. The summed E-state index contributed by atoms with van der Waals surface area (Å²) in [6.45, 7) is 4.08. The van der Waals surface area contributed by atoms with Crippen molar-refractivity contribution in [2.45, 2.75) is 41.9 Å². The van der Waals surface area contributed by atoms with E-state index in [1.807, 2.05) is 13.8 Å². The molecule has 0 bridgehead atoms. The van der Waals surface area contributed by atoms with Crippen molar-refractivity contribution in [3.63, 3.8) is 0 Å². The summed E-state index contributed by atoms with van der Waals surface area (Å²) in [5, 5.41) is 11.3. The van der Waals surface area contributed by atoms with Crippen LogP contribution in [-0.4, -0.2) is 49.3 Å². The highest BCUT2D eigenvalue weighted by molar-refractivity contribution is 8.01. The van der Waals surface area contributed by atoms with E-state index in [1.165, 1.54) is 11.3 Å². The van der Waals surface area contributed by atoms with Gasteiger partial charge in [-0.1, -0.05) is 30.0 Å². The number of thioether (sulfide) groups is 2. The summed E-state index contributed by atoms with van der Waals surface area (Å²) in [6, 6.07) is -0.402. The summed E-state index contributed by atoms with van der Waals surface area (Å²) in [4.78, 5) is 26.0. The van der Waals surface area contributed by atoms with Crippen LogP contribution in [0.1, 0.15) is 26.7 Å². The zero-order chi connectivity index (χ0) is 15.0. The molecule has 0 radical (unpaired) electrons. The van der Waals surface area contributed by atoms with E-state index in [0.29, 0.717) is 17.3 Å². The topological polar surface area (TPSA) is 75.2 Å². The van der Waals surface area contributed by atoms with Crippen molar-refractivity contribution < 1.29 is 9.59 Å². The molecule has 3 heterocycles. The van der Waals surface area contributed by atoms with E-state index in [2.05, 4.69) is 15.5 Å². The van der Waals surface area contributed by atoms with E-state index in [9.17, 15) is 9.59 Å². The Labute approximate surface area is 135 Å². The van der Waals surface area contributed by atoms with Crippen LogP contribution < -0.4 is 5.32 Å². The zero-order valence-corrected chi connectivity index (χ0v) is 14.2. The van der Waals surface area contributed by atoms with Gasteiger partial charge in [0, 0.05) is 12.2 Å². The van der Waals surface area contributed by atoms with Gasteiger partial charge in [0.05, 0.1) is 4.87 Å². The Kier molecular flexibility index (Phi) is 4.15. The first-order valence-corrected chi connectivity index (χ1v) is 9.55. The largest absolute Gasteiger partial charge is 0.315 e. The first-order chi connectivity index (χ1) is 10.0. The van der Waals surface area contributed by atoms with Crippen molar-refractivity contribution in [3.8, 4) is 0 Å². The molecule has 0 aliphatic carbocycles. The van der Waals surface area contributed by atoms with Crippen LogP contribution >= 0.6 is 34.9 Å². The molecule has 0 spiro atoms. The molecule has 114 valence electrons. The molecule has 2 aliphatic heterocycles. The fraction of sp³-hybridized carbons (Fsp3) is 0.667. The van der Waals surface area contributed by atoms with Crippen LogP contribution in [0.2, 0.25) is 0 Å². The van der Waals surface area contributed by atoms with Crippen molar-refractivity contribution in [2.75, 3.05) is 16.8 Å². The molecule has 2 fully saturated rings. The molecule has 9 heteroatoms. The standard InChI is InChI=1S/C12H16N4O2S3/c1-3-19-11-15-14-10(21-11)13-9(18)7-6-20-12(2)5-4-8(17)16(7)12/h7H,3-6H2,1-2H3,(H,13,14,18)/t7-,12-/m0/s1. The van der Waals surface area contributed by atoms with E-state index in [0.717, 1.165) is 16.5 Å². The second kappa shape index (κ2) is 5.77. The summed E-state index contributed by atoms with van der Waals surface area (Å²) in [6.07, 6.45) is 1.35. The number of amides is 2. The number of hydrogen-bond acceptors (Lipinski definition) is 7. The van der Waals surface area contributed by atoms with Crippen LogP contribution in [0.25, 0.3) is 0 Å². The number of carbonyl (C=O) groups excluding carboxylic acids is 2. The van der Waals surface area contributed by atoms with Gasteiger partial charge in [0.25, 0.3) is 0 Å². The van der Waals surface area contributed by atoms with Gasteiger partial charge < -0.3 is 4.90 Å². The summed E-state index contributed by atoms with van der Waals surface area (Å²) >= 11 is 4.65. The van der Waals surface area contributed by atoms with E-state index < -0.39 is 6.04 Å². The highest BCUT2D eigenvalue weighted by Crippen LogP contribution is 2.47. The third kappa shape index (κ3) is 2.78. The molecule has 2 saturated heterocycles. The first kappa shape index (κ1) is 15.1. The minimum Gasteiger partial charge on any atom is -0.315 e. The molecule has 0 aromatic carbocycles. The highest BCUT2D eigenvalue weighted by atomic mass is 32.2. The van der Waals surface area contributed by atoms with Crippen molar-refractivity contribution in [3.05, 3.63) is 0 Å². The number of nitrogens with one attached hydrogen (secondary N) is 1. The van der Waals surface area contributed by atoms with Crippen molar-refractivity contribution in [1.82, 2.24) is 15.1 Å². The molecule has 1 N–H and O–H groups in total. The maximum atomic E-state index is 12.4. The van der Waals surface area contributed by atoms with E-state index in [-0.39, 0.29) is 16.7 Å². The fourth-order valence-corrected chi connectivity index (χ4v) is 5.73. The van der Waals surface area contributed by atoms with Crippen LogP contribution in [0.4, 0.5) is 5.13 Å². The molecule has 6 nitrogen and oxygen atoms in total. The minimum absolute atomic E-state index is 0.0714. The average Bonchev–Trinajstić information content (AvgIpc) is 3.08. The average molecular weight is 344 g/mol. The fourth-order valence-electron chi connectivity index (χ4n) is 2.65. The van der Waals surface area contributed by atoms with Gasteiger partial charge in [0.2, 0.25) is 16.9 Å². The highest BCUT2D eigenvalue weighted by Gasteiger charge is 2.52. The molecule has 3 rings (SSSR count). The van der Waals surface area contributed by atoms with Crippen molar-refractivity contribution in [2.24, 2.45) is 0 Å². The maximum Gasteiger partial charge on any atom is 0.249 e. The molecule has 2 amide bonds. The Balaban J connectivity index is 1.69. The van der Waals surface area contributed by atoms with Crippen LogP contribution in [0, 0.1) is 0 Å². The number of anilines is 1. The lowest BCUT2D eigenvalue weighted by Crippen LogP contribution is -2.48. The quantitative estimate of drug-likeness (QED) is 0.665. The molecule has 21 heavy (non-hydrogen) atoms. The van der Waals surface area contributed by atoms with Crippen LogP contribution in [0.5, 0.6) is 0 Å². The maximum absolute atomic E-state index is 12.4. The summed E-state index contributed by atoms with van der Waals surface area (Å²) in [5.74, 6) is 1.47. The van der Waals surface area contributed by atoms with Gasteiger partial charge in [-0.05, 0) is 19.1 Å².